The molecule has 1 fully saturated rings. The van der Waals surface area contributed by atoms with Gasteiger partial charge in [-0.2, -0.15) is 0 Å². The minimum Gasteiger partial charge on any atom is -0.466 e. The van der Waals surface area contributed by atoms with Crippen LogP contribution in [0.3, 0.4) is 0 Å². The highest BCUT2D eigenvalue weighted by Gasteiger charge is 2.28. The van der Waals surface area contributed by atoms with Gasteiger partial charge in [-0.3, -0.25) is 4.79 Å². The molecule has 1 heterocycles. The van der Waals surface area contributed by atoms with Crippen LogP contribution in [0.1, 0.15) is 59.4 Å². The number of benzene rings is 1. The first-order valence-corrected chi connectivity index (χ1v) is 10.1. The second kappa shape index (κ2) is 9.45. The van der Waals surface area contributed by atoms with Gasteiger partial charge in [0.15, 0.2) is 0 Å². The summed E-state index contributed by atoms with van der Waals surface area (Å²) in [4.78, 5) is 14.4. The quantitative estimate of drug-likeness (QED) is 0.546. The van der Waals surface area contributed by atoms with Crippen LogP contribution in [0.25, 0.3) is 0 Å². The van der Waals surface area contributed by atoms with Crippen LogP contribution in [0.15, 0.2) is 18.2 Å². The number of nitrogen functional groups attached to an aromatic ring is 1. The molecule has 0 unspecified atom stereocenters. The van der Waals surface area contributed by atoms with Crippen LogP contribution < -0.4 is 10.6 Å². The third-order valence-corrected chi connectivity index (χ3v) is 5.20. The zero-order valence-corrected chi connectivity index (χ0v) is 17.6. The van der Waals surface area contributed by atoms with Gasteiger partial charge in [-0.15, -0.1) is 0 Å². The molecule has 1 aliphatic heterocycles. The minimum absolute atomic E-state index is 0.172. The Balaban J connectivity index is 2.25. The molecule has 1 aromatic rings. The zero-order chi connectivity index (χ0) is 20.0. The van der Waals surface area contributed by atoms with E-state index < -0.39 is 0 Å². The van der Waals surface area contributed by atoms with Crippen molar-refractivity contribution in [1.29, 1.82) is 0 Å². The summed E-state index contributed by atoms with van der Waals surface area (Å²) in [6.45, 7) is 13.4. The Kier molecular flexibility index (Phi) is 7.54. The van der Waals surface area contributed by atoms with Gasteiger partial charge in [-0.1, -0.05) is 33.8 Å². The predicted molar refractivity (Wildman–Crippen MR) is 111 cm³/mol. The fourth-order valence-electron chi connectivity index (χ4n) is 3.75. The molecule has 27 heavy (non-hydrogen) atoms. The highest BCUT2D eigenvalue weighted by molar-refractivity contribution is 5.73. The van der Waals surface area contributed by atoms with Gasteiger partial charge in [0.1, 0.15) is 0 Å². The molecule has 1 aliphatic rings. The molecule has 152 valence electrons. The van der Waals surface area contributed by atoms with E-state index in [9.17, 15) is 4.79 Å². The van der Waals surface area contributed by atoms with Crippen LogP contribution in [0.2, 0.25) is 0 Å². The Morgan fingerprint density at radius 1 is 1.33 bits per heavy atom. The maximum absolute atomic E-state index is 11.9. The Labute approximate surface area is 164 Å². The van der Waals surface area contributed by atoms with E-state index in [0.717, 1.165) is 49.5 Å². The van der Waals surface area contributed by atoms with Crippen molar-refractivity contribution in [3.05, 3.63) is 23.8 Å². The number of nitrogens with zero attached hydrogens (tertiary/aromatic N) is 1. The molecule has 0 bridgehead atoms. The number of carbonyl (C=O) groups is 1. The summed E-state index contributed by atoms with van der Waals surface area (Å²) in [5.41, 5.74) is 9.11. The van der Waals surface area contributed by atoms with Crippen LogP contribution in [0, 0.1) is 5.92 Å². The number of esters is 1. The van der Waals surface area contributed by atoms with Crippen molar-refractivity contribution in [1.82, 2.24) is 0 Å². The average Bonchev–Trinajstić information content (AvgIpc) is 2.60. The maximum Gasteiger partial charge on any atom is 0.306 e. The zero-order valence-electron chi connectivity index (χ0n) is 17.6. The average molecular weight is 377 g/mol. The fourth-order valence-corrected chi connectivity index (χ4v) is 3.75. The van der Waals surface area contributed by atoms with Crippen molar-refractivity contribution in [3.63, 3.8) is 0 Å². The first-order chi connectivity index (χ1) is 12.7. The Morgan fingerprint density at radius 3 is 2.56 bits per heavy atom. The third kappa shape index (κ3) is 5.86. The molecule has 0 atom stereocenters. The summed E-state index contributed by atoms with van der Waals surface area (Å²) in [5, 5.41) is 0. The largest absolute Gasteiger partial charge is 0.466 e. The summed E-state index contributed by atoms with van der Waals surface area (Å²) in [7, 11) is 0. The van der Waals surface area contributed by atoms with Crippen LogP contribution in [-0.2, 0) is 19.7 Å². The normalized spacial score (nSPS) is 15.8. The number of carbonyl (C=O) groups excluding carboxylic acids is 1. The number of hydrogen-bond acceptors (Lipinski definition) is 5. The van der Waals surface area contributed by atoms with Gasteiger partial charge in [0.05, 0.1) is 24.4 Å². The first kappa shape index (κ1) is 21.5. The molecule has 0 aliphatic carbocycles. The number of anilines is 2. The van der Waals surface area contributed by atoms with Crippen molar-refractivity contribution in [2.24, 2.45) is 5.92 Å². The topological polar surface area (TPSA) is 64.8 Å². The number of rotatable bonds is 8. The SMILES string of the molecule is CCOC(=O)CC(C)(C)c1ccc(N(CC(C)C)C2CCOCC2)c(N)c1. The Hall–Kier alpha value is -1.75. The molecular weight excluding hydrogens is 340 g/mol. The molecule has 0 saturated carbocycles. The first-order valence-electron chi connectivity index (χ1n) is 10.1. The molecule has 2 rings (SSSR count). The minimum atomic E-state index is -0.319. The summed E-state index contributed by atoms with van der Waals surface area (Å²) < 4.78 is 10.7. The molecule has 0 aromatic heterocycles. The molecule has 1 aromatic carbocycles. The molecule has 2 N–H and O–H groups in total. The smallest absolute Gasteiger partial charge is 0.306 e. The molecule has 0 spiro atoms. The maximum atomic E-state index is 11.9. The van der Waals surface area contributed by atoms with Gasteiger partial charge in [0.2, 0.25) is 0 Å². The molecule has 5 heteroatoms. The van der Waals surface area contributed by atoms with E-state index in [1.54, 1.807) is 0 Å². The van der Waals surface area contributed by atoms with E-state index in [1.807, 2.05) is 13.0 Å². The molecule has 5 nitrogen and oxygen atoms in total. The van der Waals surface area contributed by atoms with E-state index in [0.29, 0.717) is 25.0 Å². The fraction of sp³-hybridized carbons (Fsp3) is 0.682. The number of nitrogens with two attached hydrogens (primary N) is 1. The van der Waals surface area contributed by atoms with E-state index >= 15 is 0 Å². The standard InChI is InChI=1S/C22H36N2O3/c1-6-27-21(25)14-22(4,5)17-7-8-20(19(23)13-17)24(15-16(2)3)18-9-11-26-12-10-18/h7-8,13,16,18H,6,9-12,14-15,23H2,1-5H3. The predicted octanol–water partition coefficient (Wildman–Crippen LogP) is 4.14. The Bertz CT molecular complexity index is 622. The van der Waals surface area contributed by atoms with Crippen LogP contribution in [0.4, 0.5) is 11.4 Å². The molecule has 0 radical (unpaired) electrons. The van der Waals surface area contributed by atoms with E-state index in [4.69, 9.17) is 15.2 Å². The second-order valence-electron chi connectivity index (χ2n) is 8.53. The second-order valence-corrected chi connectivity index (χ2v) is 8.53. The van der Waals surface area contributed by atoms with Crippen molar-refractivity contribution >= 4 is 17.3 Å². The summed E-state index contributed by atoms with van der Waals surface area (Å²) in [6, 6.07) is 6.72. The summed E-state index contributed by atoms with van der Waals surface area (Å²) in [6.07, 6.45) is 2.40. The lowest BCUT2D eigenvalue weighted by atomic mass is 9.81. The number of hydrogen-bond donors (Lipinski definition) is 1. The van der Waals surface area contributed by atoms with Crippen LogP contribution in [0.5, 0.6) is 0 Å². The monoisotopic (exact) mass is 376 g/mol. The van der Waals surface area contributed by atoms with Gasteiger partial charge in [-0.05, 0) is 43.4 Å². The molecular formula is C22H36N2O3. The highest BCUT2D eigenvalue weighted by Crippen LogP contribution is 2.35. The van der Waals surface area contributed by atoms with E-state index in [2.05, 4.69) is 44.7 Å². The summed E-state index contributed by atoms with van der Waals surface area (Å²) in [5.74, 6) is 0.376. The van der Waals surface area contributed by atoms with Gasteiger partial charge in [-0.25, -0.2) is 0 Å². The van der Waals surface area contributed by atoms with Crippen molar-refractivity contribution < 1.29 is 14.3 Å². The van der Waals surface area contributed by atoms with E-state index in [-0.39, 0.29) is 11.4 Å². The van der Waals surface area contributed by atoms with Crippen molar-refractivity contribution in [2.45, 2.75) is 65.3 Å². The summed E-state index contributed by atoms with van der Waals surface area (Å²) >= 11 is 0. The van der Waals surface area contributed by atoms with Gasteiger partial charge >= 0.3 is 5.97 Å². The van der Waals surface area contributed by atoms with Crippen molar-refractivity contribution in [2.75, 3.05) is 37.0 Å². The third-order valence-electron chi connectivity index (χ3n) is 5.20. The van der Waals surface area contributed by atoms with Crippen molar-refractivity contribution in [3.8, 4) is 0 Å². The lowest BCUT2D eigenvalue weighted by molar-refractivity contribution is -0.144. The lowest BCUT2D eigenvalue weighted by Gasteiger charge is -2.38. The highest BCUT2D eigenvalue weighted by atomic mass is 16.5. The Morgan fingerprint density at radius 2 is 2.00 bits per heavy atom. The van der Waals surface area contributed by atoms with Gasteiger partial charge in [0, 0.05) is 31.2 Å². The van der Waals surface area contributed by atoms with E-state index in [1.165, 1.54) is 0 Å². The van der Waals surface area contributed by atoms with Gasteiger partial charge < -0.3 is 20.1 Å². The van der Waals surface area contributed by atoms with Crippen LogP contribution >= 0.6 is 0 Å². The molecule has 1 saturated heterocycles. The van der Waals surface area contributed by atoms with Gasteiger partial charge in [0.25, 0.3) is 0 Å². The van der Waals surface area contributed by atoms with Crippen LogP contribution in [-0.4, -0.2) is 38.4 Å². The number of ether oxygens (including phenoxy) is 2. The lowest BCUT2D eigenvalue weighted by Crippen LogP contribution is -2.42. The molecule has 0 amide bonds.